The molecule has 0 aliphatic rings. The van der Waals surface area contributed by atoms with Crippen molar-refractivity contribution in [1.82, 2.24) is 0 Å². The normalized spacial score (nSPS) is 14.0. The van der Waals surface area contributed by atoms with Gasteiger partial charge in [0.05, 0.1) is 33.1 Å². The zero-order chi connectivity index (χ0) is 54.4. The van der Waals surface area contributed by atoms with Gasteiger partial charge in [-0.2, -0.15) is 0 Å². The fraction of sp³-hybridized carbons (Fsp3) is 0.323. The first-order valence-corrected chi connectivity index (χ1v) is 23.9. The molecule has 66 heavy (non-hydrogen) atoms. The summed E-state index contributed by atoms with van der Waals surface area (Å²) in [7, 11) is 0. The van der Waals surface area contributed by atoms with Gasteiger partial charge in [-0.1, -0.05) is 180 Å². The monoisotopic (exact) mass is 902 g/mol. The van der Waals surface area contributed by atoms with Crippen LogP contribution < -0.4 is 14.7 Å². The van der Waals surface area contributed by atoms with E-state index in [0.29, 0.717) is 41.0 Å². The Labute approximate surface area is 414 Å². The van der Waals surface area contributed by atoms with Gasteiger partial charge in [0.25, 0.3) is 0 Å². The molecule has 0 atom stereocenters. The molecule has 0 aliphatic heterocycles. The van der Waals surface area contributed by atoms with Crippen LogP contribution in [-0.4, -0.2) is 0 Å². The van der Waals surface area contributed by atoms with Crippen molar-refractivity contribution < 1.29 is 11.0 Å². The van der Waals surface area contributed by atoms with E-state index in [1.165, 1.54) is 0 Å². The van der Waals surface area contributed by atoms with Crippen LogP contribution in [0.5, 0.6) is 0 Å². The maximum atomic E-state index is 9.90. The number of halogens is 1. The van der Waals surface area contributed by atoms with Gasteiger partial charge in [-0.05, 0) is 154 Å². The highest BCUT2D eigenvalue weighted by Crippen LogP contribution is 2.51. The lowest BCUT2D eigenvalue weighted by Gasteiger charge is -2.35. The van der Waals surface area contributed by atoms with Crippen LogP contribution in [0, 0.1) is 0 Å². The third-order valence-electron chi connectivity index (χ3n) is 14.2. The van der Waals surface area contributed by atoms with Crippen LogP contribution in [0.4, 0.5) is 51.2 Å². The van der Waals surface area contributed by atoms with Crippen LogP contribution in [0.1, 0.15) is 142 Å². The van der Waals surface area contributed by atoms with E-state index in [0.717, 1.165) is 35.3 Å². The molecular formula is C62H72ClN3. The molecule has 342 valence electrons. The van der Waals surface area contributed by atoms with Crippen LogP contribution in [0.2, 0.25) is 5.02 Å². The van der Waals surface area contributed by atoms with E-state index < -0.39 is 10.8 Å². The fourth-order valence-corrected chi connectivity index (χ4v) is 8.09. The van der Waals surface area contributed by atoms with Gasteiger partial charge in [0, 0.05) is 34.1 Å². The third kappa shape index (κ3) is 9.98. The van der Waals surface area contributed by atoms with E-state index in [9.17, 15) is 11.0 Å². The number of rotatable bonds is 17. The smallest absolute Gasteiger partial charge is 0.0888 e. The van der Waals surface area contributed by atoms with E-state index in [2.05, 4.69) is 46.4 Å². The molecule has 0 radical (unpaired) electrons. The molecule has 3 nitrogen and oxygen atoms in total. The second-order valence-corrected chi connectivity index (χ2v) is 20.3. The number of nitrogens with zero attached hydrogens (tertiary/aromatic N) is 3. The zero-order valence-electron chi connectivity index (χ0n) is 49.1. The third-order valence-corrected chi connectivity index (χ3v) is 14.5. The Morgan fingerprint density at radius 1 is 0.348 bits per heavy atom. The van der Waals surface area contributed by atoms with Crippen LogP contribution >= 0.6 is 11.6 Å². The maximum Gasteiger partial charge on any atom is 0.0888 e. The molecular weight excluding hydrogens is 822 g/mol. The average molecular weight is 903 g/mol. The molecule has 0 bridgehead atoms. The van der Waals surface area contributed by atoms with Crippen molar-refractivity contribution in [3.8, 4) is 0 Å². The first kappa shape index (κ1) is 38.3. The van der Waals surface area contributed by atoms with Crippen molar-refractivity contribution in [2.75, 3.05) is 14.7 Å². The molecule has 0 fully saturated rings. The number of hydrogen-bond donors (Lipinski definition) is 0. The first-order valence-electron chi connectivity index (χ1n) is 27.6. The van der Waals surface area contributed by atoms with Crippen molar-refractivity contribution in [2.24, 2.45) is 0 Å². The lowest BCUT2D eigenvalue weighted by Crippen LogP contribution is -2.19. The highest BCUT2D eigenvalue weighted by molar-refractivity contribution is 6.37. The minimum absolute atomic E-state index is 0.0118. The Balaban J connectivity index is 1.72. The molecule has 0 N–H and O–H groups in total. The molecule has 0 aliphatic carbocycles. The highest BCUT2D eigenvalue weighted by atomic mass is 35.5. The van der Waals surface area contributed by atoms with Crippen molar-refractivity contribution in [3.05, 3.63) is 197 Å². The molecule has 0 aromatic heterocycles. The van der Waals surface area contributed by atoms with Crippen molar-refractivity contribution >= 4 is 62.8 Å². The number of hydrogen-bond acceptors (Lipinski definition) is 3. The van der Waals surface area contributed by atoms with Crippen LogP contribution in [0.25, 0.3) is 0 Å². The molecule has 7 rings (SSSR count). The number of benzene rings is 7. The quantitative estimate of drug-likeness (QED) is 0.0902. The van der Waals surface area contributed by atoms with E-state index in [1.807, 2.05) is 163 Å². The highest BCUT2D eigenvalue weighted by Gasteiger charge is 2.29. The van der Waals surface area contributed by atoms with Crippen molar-refractivity contribution in [1.29, 1.82) is 0 Å². The molecule has 0 heterocycles. The maximum absolute atomic E-state index is 9.90. The van der Waals surface area contributed by atoms with Crippen molar-refractivity contribution in [2.45, 2.75) is 130 Å². The predicted octanol–water partition coefficient (Wildman–Crippen LogP) is 19.5. The summed E-state index contributed by atoms with van der Waals surface area (Å²) < 4.78 is 78.0. The molecule has 4 heteroatoms. The van der Waals surface area contributed by atoms with Gasteiger partial charge >= 0.3 is 0 Å². The lowest BCUT2D eigenvalue weighted by molar-refractivity contribution is 0.506. The Morgan fingerprint density at radius 3 is 0.939 bits per heavy atom. The molecule has 7 aromatic rings. The lowest BCUT2D eigenvalue weighted by atomic mass is 9.82. The van der Waals surface area contributed by atoms with Gasteiger partial charge in [0.15, 0.2) is 0 Å². The van der Waals surface area contributed by atoms with E-state index >= 15 is 0 Å². The first-order chi connectivity index (χ1) is 34.8. The average Bonchev–Trinajstić information content (AvgIpc) is 3.39. The SMILES string of the molecule is [2H]c1c([2H])c(C(C)(C)CC)c([2H])c([2H])c1N(c1ccc(C(C)(C)CC)cc1)c1cc(N(c2ccccc2)c2ccccc2)cc(N(c2ccc(C(C)(C)CC)cc2)c2c([2H])c([2H])c(C(C)(C)CC)c([2H])c2[2H])c1Cl. The largest absolute Gasteiger partial charge is 0.310 e. The summed E-state index contributed by atoms with van der Waals surface area (Å²) >= 11 is 8.11. The van der Waals surface area contributed by atoms with Gasteiger partial charge in [-0.3, -0.25) is 0 Å². The Bertz CT molecular complexity index is 2890. The Kier molecular flexibility index (Phi) is 11.4. The van der Waals surface area contributed by atoms with Gasteiger partial charge in [-0.15, -0.1) is 0 Å². The van der Waals surface area contributed by atoms with E-state index in [4.69, 9.17) is 11.6 Å². The predicted molar refractivity (Wildman–Crippen MR) is 289 cm³/mol. The summed E-state index contributed by atoms with van der Waals surface area (Å²) in [4.78, 5) is 5.48. The Hall–Kier alpha value is -5.77. The second kappa shape index (κ2) is 19.6. The summed E-state index contributed by atoms with van der Waals surface area (Å²) in [6.07, 6.45) is 2.89. The number of anilines is 9. The summed E-state index contributed by atoms with van der Waals surface area (Å²) in [5.41, 5.74) is 4.77. The molecule has 0 saturated carbocycles. The molecule has 0 spiro atoms. The molecule has 0 saturated heterocycles. The van der Waals surface area contributed by atoms with Gasteiger partial charge in [0.1, 0.15) is 0 Å². The topological polar surface area (TPSA) is 9.72 Å². The summed E-state index contributed by atoms with van der Waals surface area (Å²) in [6.45, 7) is 24.7. The van der Waals surface area contributed by atoms with Crippen molar-refractivity contribution in [3.63, 3.8) is 0 Å². The molecule has 0 amide bonds. The Morgan fingerprint density at radius 2 is 0.636 bits per heavy atom. The second-order valence-electron chi connectivity index (χ2n) is 20.0. The number of para-hydroxylation sites is 2. The fourth-order valence-electron chi connectivity index (χ4n) is 7.81. The zero-order valence-corrected chi connectivity index (χ0v) is 41.9. The molecule has 0 unspecified atom stereocenters. The van der Waals surface area contributed by atoms with Crippen LogP contribution in [-0.2, 0) is 21.7 Å². The van der Waals surface area contributed by atoms with Gasteiger partial charge in [-0.25, -0.2) is 0 Å². The minimum atomic E-state index is -0.688. The minimum Gasteiger partial charge on any atom is -0.310 e. The van der Waals surface area contributed by atoms with Gasteiger partial charge in [0.2, 0.25) is 0 Å². The summed E-state index contributed by atoms with van der Waals surface area (Å²) in [5, 5.41) is 0.0930. The van der Waals surface area contributed by atoms with E-state index in [-0.39, 0.29) is 86.9 Å². The molecule has 7 aromatic carbocycles. The van der Waals surface area contributed by atoms with Crippen LogP contribution in [0.15, 0.2) is 170 Å². The summed E-state index contributed by atoms with van der Waals surface area (Å²) in [5.74, 6) is 0. The van der Waals surface area contributed by atoms with Crippen LogP contribution in [0.3, 0.4) is 0 Å². The summed E-state index contributed by atoms with van der Waals surface area (Å²) in [6, 6.07) is 37.7. The standard InChI is InChI=1S/C62H72ClN3/c1-13-59(5,6)45-27-35-51(36-28-45)65(52-37-29-46(30-38-52)60(7,8)14-2)56-43-55(64(49-23-19-17-20-24-49)50-25-21-18-22-26-50)44-57(58(56)63)66(53-39-31-47(32-40-53)61(9,10)15-3)54-41-33-48(34-42-54)62(11,12)16-4/h17-44H,13-16H2,1-12H3/i27D,28D,31D,32D,35D,36D,39D,40D. The van der Waals surface area contributed by atoms with Gasteiger partial charge < -0.3 is 14.7 Å². The van der Waals surface area contributed by atoms with E-state index in [1.54, 1.807) is 9.80 Å².